The first-order valence-electron chi connectivity index (χ1n) is 8.74. The van der Waals surface area contributed by atoms with E-state index in [0.29, 0.717) is 23.6 Å². The van der Waals surface area contributed by atoms with E-state index in [0.717, 1.165) is 0 Å². The van der Waals surface area contributed by atoms with Gasteiger partial charge in [-0.05, 0) is 37.1 Å². The van der Waals surface area contributed by atoms with Gasteiger partial charge in [0.15, 0.2) is 0 Å². The maximum Gasteiger partial charge on any atom is 0.227 e. The van der Waals surface area contributed by atoms with Crippen molar-refractivity contribution in [3.8, 4) is 0 Å². The number of hydrogen-bond acceptors (Lipinski definition) is 3. The van der Waals surface area contributed by atoms with E-state index in [4.69, 9.17) is 23.2 Å². The Labute approximate surface area is 173 Å². The van der Waals surface area contributed by atoms with E-state index in [2.05, 4.69) is 5.32 Å². The zero-order valence-electron chi connectivity index (χ0n) is 14.9. The van der Waals surface area contributed by atoms with Crippen LogP contribution < -0.4 is 5.32 Å². The maximum atomic E-state index is 13.9. The number of hydrogen-bond donors (Lipinski definition) is 1. The van der Waals surface area contributed by atoms with Crippen LogP contribution in [0.5, 0.6) is 0 Å². The van der Waals surface area contributed by atoms with Crippen molar-refractivity contribution >= 4 is 44.8 Å². The van der Waals surface area contributed by atoms with Crippen molar-refractivity contribution < 1.29 is 17.6 Å². The van der Waals surface area contributed by atoms with Crippen molar-refractivity contribution in [2.45, 2.75) is 18.6 Å². The average Bonchev–Trinajstić information content (AvgIpc) is 2.67. The molecule has 1 N–H and O–H groups in total. The zero-order chi connectivity index (χ0) is 20.3. The number of halogens is 3. The number of para-hydroxylation sites is 1. The first-order chi connectivity index (χ1) is 13.3. The molecule has 1 amide bonds. The number of piperidine rings is 1. The molecule has 5 nitrogen and oxygen atoms in total. The van der Waals surface area contributed by atoms with Crippen molar-refractivity contribution in [1.82, 2.24) is 4.31 Å². The zero-order valence-corrected chi connectivity index (χ0v) is 17.2. The van der Waals surface area contributed by atoms with Gasteiger partial charge in [0.05, 0.1) is 16.5 Å². The molecule has 0 aliphatic carbocycles. The molecule has 1 aliphatic rings. The van der Waals surface area contributed by atoms with E-state index in [1.54, 1.807) is 24.3 Å². The summed E-state index contributed by atoms with van der Waals surface area (Å²) in [5.41, 5.74) is 0.487. The fraction of sp³-hybridized carbons (Fsp3) is 0.316. The van der Waals surface area contributed by atoms with Gasteiger partial charge in [-0.2, -0.15) is 0 Å². The molecule has 0 saturated carbocycles. The minimum atomic E-state index is -3.74. The molecule has 0 unspecified atom stereocenters. The SMILES string of the molecule is O=C(Nc1ccccc1Cl)C1CCN(S(=O)(=O)Cc2c(F)cccc2Cl)CC1. The molecule has 150 valence electrons. The molecule has 2 aromatic rings. The van der Waals surface area contributed by atoms with Crippen LogP contribution >= 0.6 is 23.2 Å². The Morgan fingerprint density at radius 2 is 1.71 bits per heavy atom. The number of amides is 1. The monoisotopic (exact) mass is 444 g/mol. The molecule has 0 spiro atoms. The third-order valence-corrected chi connectivity index (χ3v) is 7.23. The number of nitrogens with zero attached hydrogens (tertiary/aromatic N) is 1. The summed E-state index contributed by atoms with van der Waals surface area (Å²) in [7, 11) is -3.74. The van der Waals surface area contributed by atoms with Crippen LogP contribution in [0, 0.1) is 11.7 Å². The Morgan fingerprint density at radius 3 is 2.36 bits per heavy atom. The predicted octanol–water partition coefficient (Wildman–Crippen LogP) is 4.31. The number of sulfonamides is 1. The molecule has 0 radical (unpaired) electrons. The summed E-state index contributed by atoms with van der Waals surface area (Å²) in [6, 6.07) is 11.0. The van der Waals surface area contributed by atoms with Crippen LogP contribution in [0.3, 0.4) is 0 Å². The number of nitrogens with one attached hydrogen (secondary N) is 1. The van der Waals surface area contributed by atoms with Crippen LogP contribution in [0.15, 0.2) is 42.5 Å². The van der Waals surface area contributed by atoms with Gasteiger partial charge in [-0.15, -0.1) is 0 Å². The molecule has 28 heavy (non-hydrogen) atoms. The number of carbonyl (C=O) groups is 1. The molecule has 0 aromatic heterocycles. The van der Waals surface area contributed by atoms with Gasteiger partial charge in [-0.3, -0.25) is 4.79 Å². The molecule has 9 heteroatoms. The molecule has 1 saturated heterocycles. The third-order valence-electron chi connectivity index (χ3n) is 4.74. The quantitative estimate of drug-likeness (QED) is 0.746. The molecule has 1 aliphatic heterocycles. The van der Waals surface area contributed by atoms with Crippen LogP contribution in [0.2, 0.25) is 10.0 Å². The molecule has 3 rings (SSSR count). The van der Waals surface area contributed by atoms with Crippen LogP contribution in [-0.4, -0.2) is 31.7 Å². The Kier molecular flexibility index (Phi) is 6.60. The van der Waals surface area contributed by atoms with Crippen molar-refractivity contribution in [3.05, 3.63) is 63.9 Å². The van der Waals surface area contributed by atoms with Gasteiger partial charge in [0.25, 0.3) is 0 Å². The lowest BCUT2D eigenvalue weighted by molar-refractivity contribution is -0.120. The van der Waals surface area contributed by atoms with Gasteiger partial charge < -0.3 is 5.32 Å². The number of rotatable bonds is 5. The van der Waals surface area contributed by atoms with E-state index in [9.17, 15) is 17.6 Å². The number of benzene rings is 2. The lowest BCUT2D eigenvalue weighted by Crippen LogP contribution is -2.42. The standard InChI is InChI=1S/C19H19Cl2FN2O3S/c20-15-5-3-6-17(22)14(15)12-28(26,27)24-10-8-13(9-11-24)19(25)23-18-7-2-1-4-16(18)21/h1-7,13H,8-12H2,(H,23,25). The van der Waals surface area contributed by atoms with Gasteiger partial charge in [-0.1, -0.05) is 41.4 Å². The third kappa shape index (κ3) is 4.84. The fourth-order valence-corrected chi connectivity index (χ4v) is 5.24. The normalized spacial score (nSPS) is 16.1. The van der Waals surface area contributed by atoms with Crippen molar-refractivity contribution in [2.24, 2.45) is 5.92 Å². The highest BCUT2D eigenvalue weighted by Crippen LogP contribution is 2.27. The topological polar surface area (TPSA) is 66.5 Å². The summed E-state index contributed by atoms with van der Waals surface area (Å²) in [5, 5.41) is 3.31. The fourth-order valence-electron chi connectivity index (χ4n) is 3.14. The Bertz CT molecular complexity index is 957. The van der Waals surface area contributed by atoms with Crippen molar-refractivity contribution in [2.75, 3.05) is 18.4 Å². The average molecular weight is 445 g/mol. The molecule has 0 bridgehead atoms. The second-order valence-electron chi connectivity index (χ2n) is 6.60. The van der Waals surface area contributed by atoms with E-state index < -0.39 is 21.6 Å². The van der Waals surface area contributed by atoms with Gasteiger partial charge in [-0.25, -0.2) is 17.1 Å². The highest BCUT2D eigenvalue weighted by atomic mass is 35.5. The minimum absolute atomic E-state index is 0.0391. The summed E-state index contributed by atoms with van der Waals surface area (Å²) >= 11 is 12.0. The van der Waals surface area contributed by atoms with Crippen LogP contribution in [0.1, 0.15) is 18.4 Å². The van der Waals surface area contributed by atoms with Crippen molar-refractivity contribution in [3.63, 3.8) is 0 Å². The maximum absolute atomic E-state index is 13.9. The summed E-state index contributed by atoms with van der Waals surface area (Å²) in [4.78, 5) is 12.5. The molecule has 0 atom stereocenters. The van der Waals surface area contributed by atoms with E-state index in [1.807, 2.05) is 0 Å². The lowest BCUT2D eigenvalue weighted by Gasteiger charge is -2.30. The summed E-state index contributed by atoms with van der Waals surface area (Å²) in [6.07, 6.45) is 0.751. The van der Waals surface area contributed by atoms with E-state index in [-0.39, 0.29) is 35.5 Å². The van der Waals surface area contributed by atoms with Gasteiger partial charge in [0, 0.05) is 29.6 Å². The highest BCUT2D eigenvalue weighted by Gasteiger charge is 2.32. The Morgan fingerprint density at radius 1 is 1.07 bits per heavy atom. The van der Waals surface area contributed by atoms with Gasteiger partial charge in [0.2, 0.25) is 15.9 Å². The van der Waals surface area contributed by atoms with Crippen LogP contribution in [0.25, 0.3) is 0 Å². The summed E-state index contributed by atoms with van der Waals surface area (Å²) < 4.78 is 40.5. The first-order valence-corrected chi connectivity index (χ1v) is 11.1. The molecular formula is C19H19Cl2FN2O3S. The lowest BCUT2D eigenvalue weighted by atomic mass is 9.97. The van der Waals surface area contributed by atoms with E-state index >= 15 is 0 Å². The van der Waals surface area contributed by atoms with Crippen LogP contribution in [-0.2, 0) is 20.6 Å². The predicted molar refractivity (Wildman–Crippen MR) is 108 cm³/mol. The van der Waals surface area contributed by atoms with Gasteiger partial charge in [0.1, 0.15) is 5.82 Å². The van der Waals surface area contributed by atoms with Gasteiger partial charge >= 0.3 is 0 Å². The second kappa shape index (κ2) is 8.78. The first kappa shape index (κ1) is 21.0. The largest absolute Gasteiger partial charge is 0.325 e. The second-order valence-corrected chi connectivity index (χ2v) is 9.38. The number of carbonyl (C=O) groups excluding carboxylic acids is 1. The number of anilines is 1. The molecular weight excluding hydrogens is 426 g/mol. The molecule has 1 heterocycles. The van der Waals surface area contributed by atoms with Crippen molar-refractivity contribution in [1.29, 1.82) is 0 Å². The Balaban J connectivity index is 1.61. The molecule has 2 aromatic carbocycles. The van der Waals surface area contributed by atoms with E-state index in [1.165, 1.54) is 22.5 Å². The minimum Gasteiger partial charge on any atom is -0.325 e. The summed E-state index contributed by atoms with van der Waals surface area (Å²) in [6.45, 7) is 0.379. The smallest absolute Gasteiger partial charge is 0.227 e. The molecule has 1 fully saturated rings. The van der Waals surface area contributed by atoms with Crippen LogP contribution in [0.4, 0.5) is 10.1 Å². The Hall–Kier alpha value is -1.67. The summed E-state index contributed by atoms with van der Waals surface area (Å²) in [5.74, 6) is -1.67. The highest BCUT2D eigenvalue weighted by molar-refractivity contribution is 7.88.